The zero-order chi connectivity index (χ0) is 15.1. The van der Waals surface area contributed by atoms with Crippen LogP contribution < -0.4 is 15.8 Å². The number of dihydropyridines is 1. The molecule has 117 valence electrons. The van der Waals surface area contributed by atoms with E-state index in [1.807, 2.05) is 36.6 Å². The average molecular weight is 392 g/mol. The first kappa shape index (κ1) is 19.8. The second-order valence-corrected chi connectivity index (χ2v) is 5.32. The second kappa shape index (κ2) is 10.5. The SMILES string of the molecule is Nc1ccccc1CN[S-].[NH-]CC1=CC=NC2NCCC12.[Y]. The Morgan fingerprint density at radius 2 is 2.18 bits per heavy atom. The standard InChI is InChI=1S/C8H12N3.C7H9N2S.Y/c9-5-6-1-3-10-8-7(6)2-4-11-8;8-7-4-2-1-3-6(7)5-9-10;/h1,3,7-9,11H,2,4-5H2;1-4,9H,5,8H2;/q2*-1;. The van der Waals surface area contributed by atoms with Crippen molar-refractivity contribution in [1.29, 1.82) is 0 Å². The van der Waals surface area contributed by atoms with Crippen molar-refractivity contribution < 1.29 is 32.7 Å². The van der Waals surface area contributed by atoms with Crippen LogP contribution in [-0.4, -0.2) is 25.5 Å². The molecule has 1 radical (unpaired) electrons. The van der Waals surface area contributed by atoms with Crippen molar-refractivity contribution in [2.45, 2.75) is 19.1 Å². The number of benzene rings is 1. The third-order valence-corrected chi connectivity index (χ3v) is 3.87. The summed E-state index contributed by atoms with van der Waals surface area (Å²) < 4.78 is 2.63. The summed E-state index contributed by atoms with van der Waals surface area (Å²) in [5.74, 6) is 0.512. The molecule has 2 heterocycles. The average Bonchev–Trinajstić information content (AvgIpc) is 2.99. The Balaban J connectivity index is 0.000000212. The number of hydrogen-bond acceptors (Lipinski definition) is 5. The van der Waals surface area contributed by atoms with Gasteiger partial charge >= 0.3 is 0 Å². The van der Waals surface area contributed by atoms with E-state index in [4.69, 9.17) is 11.5 Å². The zero-order valence-electron chi connectivity index (χ0n) is 12.5. The van der Waals surface area contributed by atoms with Gasteiger partial charge in [0.25, 0.3) is 0 Å². The molecule has 0 amide bonds. The molecule has 0 bridgehead atoms. The molecule has 2 atom stereocenters. The molecule has 2 aliphatic heterocycles. The first-order chi connectivity index (χ1) is 10.3. The minimum absolute atomic E-state index is 0. The van der Waals surface area contributed by atoms with Crippen LogP contribution in [0.1, 0.15) is 12.0 Å². The van der Waals surface area contributed by atoms with E-state index in [0.29, 0.717) is 19.0 Å². The van der Waals surface area contributed by atoms with Gasteiger partial charge in [-0.1, -0.05) is 23.8 Å². The third-order valence-electron chi connectivity index (χ3n) is 3.72. The number of aliphatic imine (C=N–C) groups is 1. The van der Waals surface area contributed by atoms with Crippen LogP contribution in [-0.2, 0) is 52.1 Å². The molecular formula is C15H21N5SY-2. The molecular weight excluding hydrogens is 371 g/mol. The Labute approximate surface area is 162 Å². The summed E-state index contributed by atoms with van der Waals surface area (Å²) in [5, 5.41) is 3.30. The molecule has 7 heteroatoms. The predicted octanol–water partition coefficient (Wildman–Crippen LogP) is 1.80. The largest absolute Gasteiger partial charge is 0.705 e. The van der Waals surface area contributed by atoms with Crippen molar-refractivity contribution in [2.24, 2.45) is 10.9 Å². The zero-order valence-corrected chi connectivity index (χ0v) is 16.1. The second-order valence-electron chi connectivity index (χ2n) is 5.03. The van der Waals surface area contributed by atoms with Crippen LogP contribution in [0.3, 0.4) is 0 Å². The van der Waals surface area contributed by atoms with Crippen molar-refractivity contribution in [2.75, 3.05) is 18.8 Å². The first-order valence-corrected chi connectivity index (χ1v) is 7.45. The Morgan fingerprint density at radius 1 is 1.41 bits per heavy atom. The van der Waals surface area contributed by atoms with Gasteiger partial charge in [0.1, 0.15) is 6.17 Å². The number of nitrogens with zero attached hydrogens (tertiary/aromatic N) is 1. The van der Waals surface area contributed by atoms with E-state index in [9.17, 15) is 0 Å². The monoisotopic (exact) mass is 392 g/mol. The summed E-state index contributed by atoms with van der Waals surface area (Å²) in [5.41, 5.74) is 16.0. The van der Waals surface area contributed by atoms with Gasteiger partial charge in [-0.2, -0.15) is 0 Å². The van der Waals surface area contributed by atoms with Crippen molar-refractivity contribution in [3.05, 3.63) is 47.2 Å². The van der Waals surface area contributed by atoms with Crippen LogP contribution in [0.2, 0.25) is 0 Å². The number of nitrogens with one attached hydrogen (secondary N) is 3. The van der Waals surface area contributed by atoms with Gasteiger partial charge in [0.2, 0.25) is 0 Å². The van der Waals surface area contributed by atoms with E-state index in [-0.39, 0.29) is 38.9 Å². The molecule has 2 aliphatic rings. The maximum Gasteiger partial charge on any atom is 0.106 e. The van der Waals surface area contributed by atoms with E-state index in [1.165, 1.54) is 5.57 Å². The molecule has 1 aromatic carbocycles. The topological polar surface area (TPSA) is 86.2 Å². The van der Waals surface area contributed by atoms with Gasteiger partial charge in [-0.05, 0) is 30.7 Å². The number of anilines is 1. The first-order valence-electron chi connectivity index (χ1n) is 7.05. The number of allylic oxidation sites excluding steroid dienone is 1. The molecule has 0 aromatic heterocycles. The number of fused-ring (bicyclic) bond motifs is 1. The van der Waals surface area contributed by atoms with Crippen LogP contribution in [0.15, 0.2) is 40.9 Å². The van der Waals surface area contributed by atoms with Crippen LogP contribution in [0.25, 0.3) is 5.73 Å². The molecule has 3 rings (SSSR count). The molecule has 1 fully saturated rings. The number of rotatable bonds is 3. The van der Waals surface area contributed by atoms with Crippen molar-refractivity contribution >= 4 is 24.7 Å². The summed E-state index contributed by atoms with van der Waals surface area (Å²) >= 11 is 4.59. The summed E-state index contributed by atoms with van der Waals surface area (Å²) in [7, 11) is 0. The van der Waals surface area contributed by atoms with Crippen molar-refractivity contribution in [1.82, 2.24) is 10.0 Å². The maximum atomic E-state index is 7.29. The summed E-state index contributed by atoms with van der Waals surface area (Å²) in [6.45, 7) is 2.13. The quantitative estimate of drug-likeness (QED) is 0.541. The Hall–Kier alpha value is -0.236. The summed E-state index contributed by atoms with van der Waals surface area (Å²) in [6, 6.07) is 7.66. The van der Waals surface area contributed by atoms with Crippen LogP contribution in [0, 0.1) is 5.92 Å². The fraction of sp³-hybridized carbons (Fsp3) is 0.400. The van der Waals surface area contributed by atoms with Crippen LogP contribution in [0.5, 0.6) is 0 Å². The molecule has 0 saturated carbocycles. The molecule has 1 saturated heterocycles. The third kappa shape index (κ3) is 5.44. The maximum absolute atomic E-state index is 7.29. The summed E-state index contributed by atoms with van der Waals surface area (Å²) in [4.78, 5) is 4.29. The Morgan fingerprint density at radius 3 is 2.86 bits per heavy atom. The normalized spacial score (nSPS) is 22.0. The predicted molar refractivity (Wildman–Crippen MR) is 90.7 cm³/mol. The van der Waals surface area contributed by atoms with Gasteiger partial charge in [-0.3, -0.25) is 10.3 Å². The molecule has 0 spiro atoms. The van der Waals surface area contributed by atoms with Gasteiger partial charge in [0.05, 0.1) is 0 Å². The summed E-state index contributed by atoms with van der Waals surface area (Å²) in [6.07, 6.45) is 5.23. The number of para-hydroxylation sites is 1. The minimum Gasteiger partial charge on any atom is -0.705 e. The van der Waals surface area contributed by atoms with Crippen LogP contribution >= 0.6 is 0 Å². The fourth-order valence-corrected chi connectivity index (χ4v) is 2.71. The molecule has 2 unspecified atom stereocenters. The number of hydrogen-bond donors (Lipinski definition) is 3. The van der Waals surface area contributed by atoms with Crippen molar-refractivity contribution in [3.63, 3.8) is 0 Å². The molecule has 5 nitrogen and oxygen atoms in total. The molecule has 22 heavy (non-hydrogen) atoms. The minimum atomic E-state index is 0. The van der Waals surface area contributed by atoms with E-state index >= 15 is 0 Å². The number of nitrogen functional groups attached to an aromatic ring is 1. The van der Waals surface area contributed by atoms with Gasteiger partial charge in [-0.15, -0.1) is 6.54 Å². The van der Waals surface area contributed by atoms with E-state index in [2.05, 4.69) is 27.8 Å². The van der Waals surface area contributed by atoms with Crippen LogP contribution in [0.4, 0.5) is 5.69 Å². The Kier molecular flexibility index (Phi) is 9.47. The smallest absolute Gasteiger partial charge is 0.106 e. The van der Waals surface area contributed by atoms with E-state index in [1.54, 1.807) is 0 Å². The molecule has 1 aromatic rings. The molecule has 0 aliphatic carbocycles. The Bertz CT molecular complexity index is 520. The van der Waals surface area contributed by atoms with Gasteiger partial charge < -0.3 is 29.0 Å². The van der Waals surface area contributed by atoms with Gasteiger partial charge in [0, 0.05) is 57.1 Å². The number of nitrogens with two attached hydrogens (primary N) is 1. The van der Waals surface area contributed by atoms with Gasteiger partial charge in [-0.25, -0.2) is 0 Å². The van der Waals surface area contributed by atoms with Gasteiger partial charge in [0.15, 0.2) is 0 Å². The van der Waals surface area contributed by atoms with Crippen molar-refractivity contribution in [3.8, 4) is 0 Å². The molecule has 5 N–H and O–H groups in total. The van der Waals surface area contributed by atoms with E-state index < -0.39 is 0 Å². The fourth-order valence-electron chi connectivity index (χ4n) is 2.55. The van der Waals surface area contributed by atoms with E-state index in [0.717, 1.165) is 24.2 Å².